The molecule has 20 heavy (non-hydrogen) atoms. The Kier molecular flexibility index (Phi) is 3.48. The van der Waals surface area contributed by atoms with Crippen LogP contribution in [0.5, 0.6) is 0 Å². The molecule has 0 unspecified atom stereocenters. The summed E-state index contributed by atoms with van der Waals surface area (Å²) in [4.78, 5) is 4.48. The normalized spacial score (nSPS) is 10.9. The smallest absolute Gasteiger partial charge is 0.0713 e. The molecule has 2 aromatic carbocycles. The fourth-order valence-electron chi connectivity index (χ4n) is 2.56. The average Bonchev–Trinajstić information content (AvgIpc) is 2.47. The lowest BCUT2D eigenvalue weighted by Crippen LogP contribution is -1.91. The number of pyridine rings is 1. The molecule has 3 rings (SSSR count). The maximum absolute atomic E-state index is 5.18. The minimum atomic E-state index is 0.617. The molecule has 0 spiro atoms. The summed E-state index contributed by atoms with van der Waals surface area (Å²) in [5, 5.41) is 1.18. The zero-order valence-corrected chi connectivity index (χ0v) is 11.8. The SMILES string of the molecule is COCc1ccc2c(-c3ccccc3C)ccnc2c1. The number of rotatable bonds is 3. The van der Waals surface area contributed by atoms with E-state index in [1.807, 2.05) is 6.20 Å². The van der Waals surface area contributed by atoms with Crippen LogP contribution in [-0.2, 0) is 11.3 Å². The highest BCUT2D eigenvalue weighted by atomic mass is 16.5. The van der Waals surface area contributed by atoms with Crippen LogP contribution in [0.25, 0.3) is 22.0 Å². The Hall–Kier alpha value is -2.19. The second-order valence-corrected chi connectivity index (χ2v) is 4.96. The summed E-state index contributed by atoms with van der Waals surface area (Å²) < 4.78 is 5.18. The standard InChI is InChI=1S/C18H17NO/c1-13-5-3-4-6-15(13)16-9-10-19-18-11-14(12-20-2)7-8-17(16)18/h3-11H,12H2,1-2H3. The van der Waals surface area contributed by atoms with Crippen molar-refractivity contribution in [3.63, 3.8) is 0 Å². The van der Waals surface area contributed by atoms with Crippen molar-refractivity contribution in [2.75, 3.05) is 7.11 Å². The van der Waals surface area contributed by atoms with Crippen molar-refractivity contribution in [3.05, 3.63) is 65.9 Å². The van der Waals surface area contributed by atoms with Gasteiger partial charge in [-0.15, -0.1) is 0 Å². The summed E-state index contributed by atoms with van der Waals surface area (Å²) in [6.45, 7) is 2.76. The lowest BCUT2D eigenvalue weighted by atomic mass is 9.97. The predicted octanol–water partition coefficient (Wildman–Crippen LogP) is 4.36. The molecule has 0 amide bonds. The first-order chi connectivity index (χ1) is 9.79. The van der Waals surface area contributed by atoms with E-state index < -0.39 is 0 Å². The quantitative estimate of drug-likeness (QED) is 0.700. The number of methoxy groups -OCH3 is 1. The topological polar surface area (TPSA) is 22.1 Å². The molecule has 0 aliphatic rings. The molecule has 0 saturated carbocycles. The zero-order chi connectivity index (χ0) is 13.9. The van der Waals surface area contributed by atoms with Gasteiger partial charge in [0.1, 0.15) is 0 Å². The number of fused-ring (bicyclic) bond motifs is 1. The summed E-state index contributed by atoms with van der Waals surface area (Å²) >= 11 is 0. The van der Waals surface area contributed by atoms with Gasteiger partial charge in [-0.1, -0.05) is 36.4 Å². The first kappa shape index (κ1) is 12.8. The molecule has 0 aliphatic heterocycles. The number of hydrogen-bond donors (Lipinski definition) is 0. The first-order valence-electron chi connectivity index (χ1n) is 6.72. The van der Waals surface area contributed by atoms with Crippen LogP contribution in [0.1, 0.15) is 11.1 Å². The lowest BCUT2D eigenvalue weighted by Gasteiger charge is -2.10. The molecular weight excluding hydrogens is 246 g/mol. The number of aryl methyl sites for hydroxylation is 1. The third kappa shape index (κ3) is 2.30. The van der Waals surface area contributed by atoms with Gasteiger partial charge in [0.2, 0.25) is 0 Å². The third-order valence-corrected chi connectivity index (χ3v) is 3.55. The van der Waals surface area contributed by atoms with E-state index in [-0.39, 0.29) is 0 Å². The second-order valence-electron chi connectivity index (χ2n) is 4.96. The number of nitrogens with zero attached hydrogens (tertiary/aromatic N) is 1. The van der Waals surface area contributed by atoms with Crippen LogP contribution in [0, 0.1) is 6.92 Å². The molecule has 0 radical (unpaired) electrons. The molecule has 1 aromatic heterocycles. The van der Waals surface area contributed by atoms with Crippen molar-refractivity contribution >= 4 is 10.9 Å². The molecule has 0 saturated heterocycles. The van der Waals surface area contributed by atoms with E-state index >= 15 is 0 Å². The molecule has 0 aliphatic carbocycles. The minimum Gasteiger partial charge on any atom is -0.380 e. The number of ether oxygens (including phenoxy) is 1. The fraction of sp³-hybridized carbons (Fsp3) is 0.167. The Morgan fingerprint density at radius 1 is 1.00 bits per heavy atom. The van der Waals surface area contributed by atoms with Crippen molar-refractivity contribution in [2.45, 2.75) is 13.5 Å². The summed E-state index contributed by atoms with van der Waals surface area (Å²) in [6, 6.07) is 16.9. The largest absolute Gasteiger partial charge is 0.380 e. The van der Waals surface area contributed by atoms with Crippen LogP contribution in [0.2, 0.25) is 0 Å². The van der Waals surface area contributed by atoms with Gasteiger partial charge in [-0.05, 0) is 41.3 Å². The molecule has 1 heterocycles. The Balaban J connectivity index is 2.20. The zero-order valence-electron chi connectivity index (χ0n) is 11.8. The van der Waals surface area contributed by atoms with Crippen molar-refractivity contribution in [1.29, 1.82) is 0 Å². The maximum Gasteiger partial charge on any atom is 0.0713 e. The van der Waals surface area contributed by atoms with Gasteiger partial charge in [0, 0.05) is 18.7 Å². The van der Waals surface area contributed by atoms with Crippen LogP contribution in [0.4, 0.5) is 0 Å². The first-order valence-corrected chi connectivity index (χ1v) is 6.72. The highest BCUT2D eigenvalue weighted by Crippen LogP contribution is 2.30. The predicted molar refractivity (Wildman–Crippen MR) is 82.6 cm³/mol. The molecule has 3 aromatic rings. The van der Waals surface area contributed by atoms with E-state index in [9.17, 15) is 0 Å². The van der Waals surface area contributed by atoms with E-state index in [0.717, 1.165) is 11.1 Å². The minimum absolute atomic E-state index is 0.617. The van der Waals surface area contributed by atoms with Crippen LogP contribution < -0.4 is 0 Å². The summed E-state index contributed by atoms with van der Waals surface area (Å²) in [7, 11) is 1.71. The third-order valence-electron chi connectivity index (χ3n) is 3.55. The van der Waals surface area contributed by atoms with Crippen molar-refractivity contribution < 1.29 is 4.74 Å². The molecule has 100 valence electrons. The van der Waals surface area contributed by atoms with Crippen molar-refractivity contribution in [1.82, 2.24) is 4.98 Å². The highest BCUT2D eigenvalue weighted by molar-refractivity contribution is 5.95. The monoisotopic (exact) mass is 263 g/mol. The van der Waals surface area contributed by atoms with Gasteiger partial charge in [-0.3, -0.25) is 4.98 Å². The molecular formula is C18H17NO. The summed E-state index contributed by atoms with van der Waals surface area (Å²) in [5.74, 6) is 0. The average molecular weight is 263 g/mol. The number of aromatic nitrogens is 1. The Labute approximate surface area is 119 Å². The molecule has 2 heteroatoms. The molecule has 0 N–H and O–H groups in total. The maximum atomic E-state index is 5.18. The van der Waals surface area contributed by atoms with Gasteiger partial charge in [-0.25, -0.2) is 0 Å². The Bertz CT molecular complexity index is 749. The van der Waals surface area contributed by atoms with Crippen LogP contribution in [0.3, 0.4) is 0 Å². The Morgan fingerprint density at radius 3 is 2.65 bits per heavy atom. The molecule has 2 nitrogen and oxygen atoms in total. The van der Waals surface area contributed by atoms with E-state index in [0.29, 0.717) is 6.61 Å². The van der Waals surface area contributed by atoms with Crippen LogP contribution in [0.15, 0.2) is 54.7 Å². The van der Waals surface area contributed by atoms with Gasteiger partial charge < -0.3 is 4.74 Å². The summed E-state index contributed by atoms with van der Waals surface area (Å²) in [5.41, 5.74) is 5.94. The Morgan fingerprint density at radius 2 is 1.85 bits per heavy atom. The van der Waals surface area contributed by atoms with E-state index in [2.05, 4.69) is 60.4 Å². The lowest BCUT2D eigenvalue weighted by molar-refractivity contribution is 0.185. The molecule has 0 fully saturated rings. The van der Waals surface area contributed by atoms with E-state index in [4.69, 9.17) is 4.74 Å². The van der Waals surface area contributed by atoms with Crippen LogP contribution in [-0.4, -0.2) is 12.1 Å². The van der Waals surface area contributed by atoms with Crippen molar-refractivity contribution in [2.24, 2.45) is 0 Å². The van der Waals surface area contributed by atoms with Crippen molar-refractivity contribution in [3.8, 4) is 11.1 Å². The fourth-order valence-corrected chi connectivity index (χ4v) is 2.56. The van der Waals surface area contributed by atoms with E-state index in [1.165, 1.54) is 22.1 Å². The molecule has 0 atom stereocenters. The highest BCUT2D eigenvalue weighted by Gasteiger charge is 2.07. The van der Waals surface area contributed by atoms with Gasteiger partial charge in [0.25, 0.3) is 0 Å². The summed E-state index contributed by atoms with van der Waals surface area (Å²) in [6.07, 6.45) is 1.88. The van der Waals surface area contributed by atoms with Gasteiger partial charge in [0.05, 0.1) is 12.1 Å². The number of hydrogen-bond acceptors (Lipinski definition) is 2. The van der Waals surface area contributed by atoms with Gasteiger partial charge in [0.15, 0.2) is 0 Å². The van der Waals surface area contributed by atoms with Gasteiger partial charge in [-0.2, -0.15) is 0 Å². The molecule has 0 bridgehead atoms. The van der Waals surface area contributed by atoms with Crippen LogP contribution >= 0.6 is 0 Å². The number of benzene rings is 2. The second kappa shape index (κ2) is 5.43. The van der Waals surface area contributed by atoms with E-state index in [1.54, 1.807) is 7.11 Å². The van der Waals surface area contributed by atoms with Gasteiger partial charge >= 0.3 is 0 Å².